The number of pyridine rings is 1. The van der Waals surface area contributed by atoms with Crippen molar-refractivity contribution in [2.24, 2.45) is 0 Å². The van der Waals surface area contributed by atoms with E-state index in [1.165, 1.54) is 18.0 Å². The van der Waals surface area contributed by atoms with Crippen molar-refractivity contribution in [3.8, 4) is 0 Å². The average Bonchev–Trinajstić information content (AvgIpc) is 2.29. The van der Waals surface area contributed by atoms with Gasteiger partial charge < -0.3 is 5.11 Å². The van der Waals surface area contributed by atoms with Gasteiger partial charge in [-0.1, -0.05) is 29.5 Å². The molecule has 86 valence electrons. The first-order valence-electron chi connectivity index (χ1n) is 5.08. The molecule has 0 atom stereocenters. The summed E-state index contributed by atoms with van der Waals surface area (Å²) in [7, 11) is 0. The molecule has 3 nitrogen and oxygen atoms in total. The third kappa shape index (κ3) is 2.85. The molecular weight excluding hydrogens is 234 g/mol. The third-order valence-electron chi connectivity index (χ3n) is 2.23. The summed E-state index contributed by atoms with van der Waals surface area (Å²) in [5.41, 5.74) is 1.39. The molecule has 0 fully saturated rings. The molecule has 0 saturated carbocycles. The van der Waals surface area contributed by atoms with E-state index in [0.29, 0.717) is 4.90 Å². The van der Waals surface area contributed by atoms with E-state index in [1.54, 1.807) is 12.3 Å². The van der Waals surface area contributed by atoms with Crippen LogP contribution in [0.4, 0.5) is 0 Å². The van der Waals surface area contributed by atoms with Crippen molar-refractivity contribution in [3.05, 3.63) is 53.9 Å². The van der Waals surface area contributed by atoms with E-state index in [-0.39, 0.29) is 5.56 Å². The molecule has 17 heavy (non-hydrogen) atoms. The second-order valence-corrected chi connectivity index (χ2v) is 4.71. The van der Waals surface area contributed by atoms with Gasteiger partial charge >= 0.3 is 5.97 Å². The Labute approximate surface area is 104 Å². The SMILES string of the molecule is Cc1cccc(Sc2ccncc2C(=O)O)c1. The van der Waals surface area contributed by atoms with Gasteiger partial charge in [0.15, 0.2) is 0 Å². The van der Waals surface area contributed by atoms with E-state index < -0.39 is 5.97 Å². The molecule has 4 heteroatoms. The molecule has 0 spiro atoms. The smallest absolute Gasteiger partial charge is 0.338 e. The fourth-order valence-electron chi connectivity index (χ4n) is 1.44. The van der Waals surface area contributed by atoms with Crippen LogP contribution in [0.15, 0.2) is 52.5 Å². The number of rotatable bonds is 3. The molecule has 1 N–H and O–H groups in total. The number of aromatic carboxylic acids is 1. The minimum Gasteiger partial charge on any atom is -0.478 e. The van der Waals surface area contributed by atoms with Crippen molar-refractivity contribution in [3.63, 3.8) is 0 Å². The maximum atomic E-state index is 11.0. The summed E-state index contributed by atoms with van der Waals surface area (Å²) in [4.78, 5) is 16.6. The Morgan fingerprint density at radius 2 is 2.18 bits per heavy atom. The van der Waals surface area contributed by atoms with Gasteiger partial charge in [-0.3, -0.25) is 4.98 Å². The average molecular weight is 245 g/mol. The quantitative estimate of drug-likeness (QED) is 0.901. The maximum absolute atomic E-state index is 11.0. The van der Waals surface area contributed by atoms with Gasteiger partial charge in [0.1, 0.15) is 0 Å². The van der Waals surface area contributed by atoms with Crippen LogP contribution in [0.3, 0.4) is 0 Å². The molecule has 0 saturated heterocycles. The fourth-order valence-corrected chi connectivity index (χ4v) is 2.46. The van der Waals surface area contributed by atoms with Crippen LogP contribution in [0.25, 0.3) is 0 Å². The Kier molecular flexibility index (Phi) is 3.44. The van der Waals surface area contributed by atoms with E-state index in [2.05, 4.69) is 4.98 Å². The highest BCUT2D eigenvalue weighted by Gasteiger charge is 2.10. The lowest BCUT2D eigenvalue weighted by molar-refractivity contribution is 0.0692. The van der Waals surface area contributed by atoms with Gasteiger partial charge in [-0.2, -0.15) is 0 Å². The predicted octanol–water partition coefficient (Wildman–Crippen LogP) is 3.24. The molecule has 0 unspecified atom stereocenters. The molecule has 0 aliphatic rings. The molecule has 2 rings (SSSR count). The number of aromatic nitrogens is 1. The normalized spacial score (nSPS) is 10.2. The number of aryl methyl sites for hydroxylation is 1. The number of hydrogen-bond acceptors (Lipinski definition) is 3. The Hall–Kier alpha value is -1.81. The lowest BCUT2D eigenvalue weighted by atomic mass is 10.2. The van der Waals surface area contributed by atoms with Gasteiger partial charge in [0, 0.05) is 22.2 Å². The Morgan fingerprint density at radius 1 is 1.35 bits per heavy atom. The minimum absolute atomic E-state index is 0.235. The second kappa shape index (κ2) is 5.01. The van der Waals surface area contributed by atoms with Crippen LogP contribution < -0.4 is 0 Å². The number of carboxylic acid groups (broad SMARTS) is 1. The van der Waals surface area contributed by atoms with E-state index in [4.69, 9.17) is 5.11 Å². The highest BCUT2D eigenvalue weighted by molar-refractivity contribution is 7.99. The van der Waals surface area contributed by atoms with E-state index >= 15 is 0 Å². The first-order valence-corrected chi connectivity index (χ1v) is 5.90. The van der Waals surface area contributed by atoms with Crippen LogP contribution in [0.2, 0.25) is 0 Å². The summed E-state index contributed by atoms with van der Waals surface area (Å²) >= 11 is 1.44. The zero-order valence-electron chi connectivity index (χ0n) is 9.25. The van der Waals surface area contributed by atoms with Gasteiger partial charge in [-0.15, -0.1) is 0 Å². The lowest BCUT2D eigenvalue weighted by Gasteiger charge is -2.05. The predicted molar refractivity (Wildman–Crippen MR) is 66.5 cm³/mol. The van der Waals surface area contributed by atoms with Crippen LogP contribution in [-0.2, 0) is 0 Å². The highest BCUT2D eigenvalue weighted by atomic mass is 32.2. The van der Waals surface area contributed by atoms with Crippen LogP contribution in [0.1, 0.15) is 15.9 Å². The molecule has 1 heterocycles. The molecule has 0 radical (unpaired) electrons. The van der Waals surface area contributed by atoms with E-state index in [9.17, 15) is 4.79 Å². The first kappa shape index (κ1) is 11.7. The standard InChI is InChI=1S/C13H11NO2S/c1-9-3-2-4-10(7-9)17-12-5-6-14-8-11(12)13(15)16/h2-8H,1H3,(H,15,16). The maximum Gasteiger partial charge on any atom is 0.338 e. The van der Waals surface area contributed by atoms with Gasteiger partial charge in [-0.25, -0.2) is 4.79 Å². The van der Waals surface area contributed by atoms with Gasteiger partial charge in [-0.05, 0) is 25.1 Å². The number of hydrogen-bond donors (Lipinski definition) is 1. The molecule has 0 aliphatic carbocycles. The highest BCUT2D eigenvalue weighted by Crippen LogP contribution is 2.30. The first-order chi connectivity index (χ1) is 8.16. The monoisotopic (exact) mass is 245 g/mol. The van der Waals surface area contributed by atoms with Crippen LogP contribution >= 0.6 is 11.8 Å². The third-order valence-corrected chi connectivity index (χ3v) is 3.29. The Morgan fingerprint density at radius 3 is 2.88 bits per heavy atom. The second-order valence-electron chi connectivity index (χ2n) is 3.60. The Bertz CT molecular complexity index is 555. The fraction of sp³-hybridized carbons (Fsp3) is 0.0769. The summed E-state index contributed by atoms with van der Waals surface area (Å²) in [6, 6.07) is 9.67. The molecule has 0 bridgehead atoms. The van der Waals surface area contributed by atoms with Crippen LogP contribution in [0, 0.1) is 6.92 Å². The van der Waals surface area contributed by atoms with Crippen molar-refractivity contribution >= 4 is 17.7 Å². The Balaban J connectivity index is 2.33. The molecule has 0 aliphatic heterocycles. The minimum atomic E-state index is -0.951. The summed E-state index contributed by atoms with van der Waals surface area (Å²) < 4.78 is 0. The van der Waals surface area contributed by atoms with Crippen molar-refractivity contribution in [1.29, 1.82) is 0 Å². The number of benzene rings is 1. The zero-order chi connectivity index (χ0) is 12.3. The van der Waals surface area contributed by atoms with E-state index in [0.717, 1.165) is 10.5 Å². The summed E-state index contributed by atoms with van der Waals surface area (Å²) in [5.74, 6) is -0.951. The summed E-state index contributed by atoms with van der Waals surface area (Å²) in [6.07, 6.45) is 2.98. The molecule has 1 aromatic heterocycles. The number of carbonyl (C=O) groups is 1. The van der Waals surface area contributed by atoms with Crippen molar-refractivity contribution in [1.82, 2.24) is 4.98 Å². The van der Waals surface area contributed by atoms with Gasteiger partial charge in [0.25, 0.3) is 0 Å². The van der Waals surface area contributed by atoms with E-state index in [1.807, 2.05) is 31.2 Å². The topological polar surface area (TPSA) is 50.2 Å². The van der Waals surface area contributed by atoms with Crippen molar-refractivity contribution < 1.29 is 9.90 Å². The molecular formula is C13H11NO2S. The zero-order valence-corrected chi connectivity index (χ0v) is 10.1. The molecule has 1 aromatic carbocycles. The number of carboxylic acids is 1. The molecule has 0 amide bonds. The summed E-state index contributed by atoms with van der Waals surface area (Å²) in [6.45, 7) is 2.01. The van der Waals surface area contributed by atoms with Crippen LogP contribution in [0.5, 0.6) is 0 Å². The largest absolute Gasteiger partial charge is 0.478 e. The van der Waals surface area contributed by atoms with Crippen LogP contribution in [-0.4, -0.2) is 16.1 Å². The molecule has 2 aromatic rings. The van der Waals surface area contributed by atoms with Gasteiger partial charge in [0.2, 0.25) is 0 Å². The summed E-state index contributed by atoms with van der Waals surface area (Å²) in [5, 5.41) is 9.04. The lowest BCUT2D eigenvalue weighted by Crippen LogP contribution is -1.99. The van der Waals surface area contributed by atoms with Crippen molar-refractivity contribution in [2.75, 3.05) is 0 Å². The van der Waals surface area contributed by atoms with Gasteiger partial charge in [0.05, 0.1) is 5.56 Å². The van der Waals surface area contributed by atoms with Crippen molar-refractivity contribution in [2.45, 2.75) is 16.7 Å². The number of nitrogens with zero attached hydrogens (tertiary/aromatic N) is 1.